The lowest BCUT2D eigenvalue weighted by atomic mass is 10.1. The van der Waals surface area contributed by atoms with Crippen molar-refractivity contribution in [3.05, 3.63) is 86.7 Å². The van der Waals surface area contributed by atoms with Crippen molar-refractivity contribution in [2.75, 3.05) is 31.1 Å². The molecule has 154 valence electrons. The lowest BCUT2D eigenvalue weighted by Gasteiger charge is -2.35. The Kier molecular flexibility index (Phi) is 5.59. The van der Waals surface area contributed by atoms with Gasteiger partial charge in [0.15, 0.2) is 0 Å². The second-order valence-electron chi connectivity index (χ2n) is 7.50. The Bertz CT molecular complexity index is 1130. The van der Waals surface area contributed by atoms with Crippen LogP contribution in [0.4, 0.5) is 5.82 Å². The minimum Gasteiger partial charge on any atom is -0.352 e. The van der Waals surface area contributed by atoms with Crippen molar-refractivity contribution < 1.29 is 4.79 Å². The number of carbonyl (C=O) groups is 1. The van der Waals surface area contributed by atoms with Gasteiger partial charge in [0.05, 0.1) is 5.69 Å². The summed E-state index contributed by atoms with van der Waals surface area (Å²) in [6.07, 6.45) is 0. The van der Waals surface area contributed by atoms with E-state index in [0.717, 1.165) is 17.1 Å². The molecule has 1 aliphatic heterocycles. The fourth-order valence-electron chi connectivity index (χ4n) is 3.53. The summed E-state index contributed by atoms with van der Waals surface area (Å²) in [5.74, 6) is 0.728. The summed E-state index contributed by atoms with van der Waals surface area (Å²) < 4.78 is 1.44. The molecule has 1 aromatic heterocycles. The van der Waals surface area contributed by atoms with E-state index in [9.17, 15) is 9.59 Å². The quantitative estimate of drug-likeness (QED) is 0.648. The fourth-order valence-corrected chi connectivity index (χ4v) is 3.65. The Balaban J connectivity index is 1.49. The van der Waals surface area contributed by atoms with E-state index in [-0.39, 0.29) is 11.5 Å². The number of hydrogen-bond acceptors (Lipinski definition) is 4. The molecule has 1 aliphatic rings. The third-order valence-corrected chi connectivity index (χ3v) is 5.76. The number of amides is 1. The molecule has 6 nitrogen and oxygen atoms in total. The molecule has 2 aromatic carbocycles. The third kappa shape index (κ3) is 4.09. The van der Waals surface area contributed by atoms with Crippen LogP contribution in [0, 0.1) is 13.8 Å². The molecule has 1 saturated heterocycles. The van der Waals surface area contributed by atoms with Gasteiger partial charge in [0, 0.05) is 42.8 Å². The van der Waals surface area contributed by atoms with Gasteiger partial charge in [0.25, 0.3) is 11.5 Å². The zero-order valence-corrected chi connectivity index (χ0v) is 17.8. The average molecular weight is 423 g/mol. The van der Waals surface area contributed by atoms with Crippen LogP contribution in [-0.2, 0) is 0 Å². The number of halogens is 1. The summed E-state index contributed by atoms with van der Waals surface area (Å²) in [6, 6.07) is 16.1. The monoisotopic (exact) mass is 422 g/mol. The summed E-state index contributed by atoms with van der Waals surface area (Å²) in [5, 5.41) is 5.20. The van der Waals surface area contributed by atoms with E-state index in [2.05, 4.69) is 10.00 Å². The SMILES string of the molecule is Cc1ccc(-n2nc(N3CCN(C(=O)c4ccc(Cl)cc4)CC3)ccc2=O)cc1C. The lowest BCUT2D eigenvalue weighted by molar-refractivity contribution is 0.0746. The molecule has 0 aliphatic carbocycles. The standard InChI is InChI=1S/C23H23ClN4O2/c1-16-3-8-20(15-17(16)2)28-22(29)10-9-21(25-28)26-11-13-27(14-12-26)23(30)18-4-6-19(24)7-5-18/h3-10,15H,11-14H2,1-2H3. The highest BCUT2D eigenvalue weighted by atomic mass is 35.5. The van der Waals surface area contributed by atoms with E-state index in [1.54, 1.807) is 36.4 Å². The van der Waals surface area contributed by atoms with Crippen molar-refractivity contribution in [2.24, 2.45) is 0 Å². The van der Waals surface area contributed by atoms with Gasteiger partial charge in [-0.1, -0.05) is 17.7 Å². The normalized spacial score (nSPS) is 14.1. The maximum absolute atomic E-state index is 12.7. The van der Waals surface area contributed by atoms with E-state index in [4.69, 9.17) is 11.6 Å². The topological polar surface area (TPSA) is 58.4 Å². The van der Waals surface area contributed by atoms with Gasteiger partial charge in [-0.3, -0.25) is 9.59 Å². The molecule has 7 heteroatoms. The zero-order chi connectivity index (χ0) is 21.3. The largest absolute Gasteiger partial charge is 0.352 e. The van der Waals surface area contributed by atoms with Gasteiger partial charge in [-0.15, -0.1) is 5.10 Å². The molecule has 0 radical (unpaired) electrons. The molecule has 3 aromatic rings. The molecule has 0 unspecified atom stereocenters. The highest BCUT2D eigenvalue weighted by Crippen LogP contribution is 2.17. The van der Waals surface area contributed by atoms with Crippen molar-refractivity contribution in [3.63, 3.8) is 0 Å². The van der Waals surface area contributed by atoms with Crippen LogP contribution in [-0.4, -0.2) is 46.8 Å². The van der Waals surface area contributed by atoms with E-state index < -0.39 is 0 Å². The van der Waals surface area contributed by atoms with Crippen LogP contribution in [0.5, 0.6) is 0 Å². The van der Waals surface area contributed by atoms with E-state index in [1.807, 2.05) is 36.9 Å². The molecule has 0 bridgehead atoms. The Morgan fingerprint density at radius 3 is 2.27 bits per heavy atom. The summed E-state index contributed by atoms with van der Waals surface area (Å²) in [7, 11) is 0. The number of anilines is 1. The minimum atomic E-state index is -0.168. The number of rotatable bonds is 3. The molecule has 0 atom stereocenters. The van der Waals surface area contributed by atoms with Crippen molar-refractivity contribution >= 4 is 23.3 Å². The zero-order valence-electron chi connectivity index (χ0n) is 17.0. The van der Waals surface area contributed by atoms with Crippen molar-refractivity contribution in [3.8, 4) is 5.69 Å². The van der Waals surface area contributed by atoms with Crippen LogP contribution in [0.2, 0.25) is 5.02 Å². The fraction of sp³-hybridized carbons (Fsp3) is 0.261. The molecular weight excluding hydrogens is 400 g/mol. The van der Waals surface area contributed by atoms with Crippen LogP contribution in [0.1, 0.15) is 21.5 Å². The Morgan fingerprint density at radius 2 is 1.60 bits per heavy atom. The summed E-state index contributed by atoms with van der Waals surface area (Å²) in [6.45, 7) is 6.54. The summed E-state index contributed by atoms with van der Waals surface area (Å²) in [4.78, 5) is 29.0. The average Bonchev–Trinajstić information content (AvgIpc) is 2.76. The maximum Gasteiger partial charge on any atom is 0.271 e. The van der Waals surface area contributed by atoms with Gasteiger partial charge in [0.2, 0.25) is 0 Å². The first-order valence-electron chi connectivity index (χ1n) is 9.90. The molecule has 0 spiro atoms. The van der Waals surface area contributed by atoms with Crippen LogP contribution in [0.3, 0.4) is 0 Å². The van der Waals surface area contributed by atoms with Crippen LogP contribution in [0.15, 0.2) is 59.4 Å². The van der Waals surface area contributed by atoms with Crippen LogP contribution < -0.4 is 10.5 Å². The van der Waals surface area contributed by atoms with Crippen molar-refractivity contribution in [1.82, 2.24) is 14.7 Å². The summed E-state index contributed by atoms with van der Waals surface area (Å²) >= 11 is 5.91. The van der Waals surface area contributed by atoms with Gasteiger partial charge in [-0.25, -0.2) is 0 Å². The van der Waals surface area contributed by atoms with Crippen LogP contribution in [0.25, 0.3) is 5.69 Å². The molecular formula is C23H23ClN4O2. The first kappa shape index (κ1) is 20.2. The number of piperazine rings is 1. The minimum absolute atomic E-state index is 0.000577. The van der Waals surface area contributed by atoms with E-state index in [0.29, 0.717) is 36.8 Å². The molecule has 4 rings (SSSR count). The molecule has 30 heavy (non-hydrogen) atoms. The first-order valence-corrected chi connectivity index (χ1v) is 10.3. The molecule has 1 fully saturated rings. The second-order valence-corrected chi connectivity index (χ2v) is 7.93. The highest BCUT2D eigenvalue weighted by Gasteiger charge is 2.23. The Morgan fingerprint density at radius 1 is 0.900 bits per heavy atom. The van der Waals surface area contributed by atoms with Gasteiger partial charge in [0.1, 0.15) is 5.82 Å². The molecule has 0 saturated carbocycles. The maximum atomic E-state index is 12.7. The lowest BCUT2D eigenvalue weighted by Crippen LogP contribution is -2.49. The van der Waals surface area contributed by atoms with Crippen LogP contribution >= 0.6 is 11.6 Å². The number of aryl methyl sites for hydroxylation is 2. The second kappa shape index (κ2) is 8.32. The van der Waals surface area contributed by atoms with Gasteiger partial charge in [-0.05, 0) is 67.4 Å². The number of hydrogen-bond donors (Lipinski definition) is 0. The third-order valence-electron chi connectivity index (χ3n) is 5.50. The molecule has 2 heterocycles. The smallest absolute Gasteiger partial charge is 0.271 e. The number of nitrogens with zero attached hydrogens (tertiary/aromatic N) is 4. The Labute approximate surface area is 180 Å². The molecule has 1 amide bonds. The number of carbonyl (C=O) groups excluding carboxylic acids is 1. The van der Waals surface area contributed by atoms with E-state index >= 15 is 0 Å². The molecule has 0 N–H and O–H groups in total. The van der Waals surface area contributed by atoms with Gasteiger partial charge >= 0.3 is 0 Å². The van der Waals surface area contributed by atoms with E-state index in [1.165, 1.54) is 10.2 Å². The number of aromatic nitrogens is 2. The van der Waals surface area contributed by atoms with Gasteiger partial charge in [-0.2, -0.15) is 4.68 Å². The Hall–Kier alpha value is -3.12. The van der Waals surface area contributed by atoms with Crippen molar-refractivity contribution in [1.29, 1.82) is 0 Å². The first-order chi connectivity index (χ1) is 14.4. The highest BCUT2D eigenvalue weighted by molar-refractivity contribution is 6.30. The predicted octanol–water partition coefficient (Wildman–Crippen LogP) is 3.47. The number of benzene rings is 2. The predicted molar refractivity (Wildman–Crippen MR) is 119 cm³/mol. The van der Waals surface area contributed by atoms with Crippen molar-refractivity contribution in [2.45, 2.75) is 13.8 Å². The van der Waals surface area contributed by atoms with Gasteiger partial charge < -0.3 is 9.80 Å². The summed E-state index contributed by atoms with van der Waals surface area (Å²) in [5.41, 5.74) is 3.50.